The average Bonchev–Trinajstić information content (AvgIpc) is 3.15. The summed E-state index contributed by atoms with van der Waals surface area (Å²) in [6.45, 7) is 6.78. The predicted octanol–water partition coefficient (Wildman–Crippen LogP) is 2.56. The van der Waals surface area contributed by atoms with E-state index >= 15 is 0 Å². The normalized spacial score (nSPS) is 17.7. The predicted molar refractivity (Wildman–Crippen MR) is 110 cm³/mol. The Morgan fingerprint density at radius 1 is 1.21 bits per heavy atom. The van der Waals surface area contributed by atoms with Gasteiger partial charge in [0.25, 0.3) is 10.0 Å². The molecule has 1 aromatic carbocycles. The van der Waals surface area contributed by atoms with E-state index in [0.29, 0.717) is 11.7 Å². The standard InChI is InChI=1S/C20H25N5O2S/c1-3-24(16-5-4-11-21-13-16)19-18-10-12-25(20(18)23-14-22-19)28(26,27)17-8-6-15(2)7-9-17/h6-10,12,14,16,21H,3-5,11,13H2,1-2H3. The molecule has 0 bridgehead atoms. The van der Waals surface area contributed by atoms with Gasteiger partial charge in [0.1, 0.15) is 12.1 Å². The number of fused-ring (bicyclic) bond motifs is 1. The third-order valence-corrected chi connectivity index (χ3v) is 7.01. The van der Waals surface area contributed by atoms with Crippen LogP contribution in [0.25, 0.3) is 11.0 Å². The monoisotopic (exact) mass is 399 g/mol. The summed E-state index contributed by atoms with van der Waals surface area (Å²) in [5.41, 5.74) is 1.42. The minimum atomic E-state index is -3.72. The maximum Gasteiger partial charge on any atom is 0.269 e. The zero-order valence-electron chi connectivity index (χ0n) is 16.2. The van der Waals surface area contributed by atoms with E-state index in [1.165, 1.54) is 10.3 Å². The molecule has 2 aromatic heterocycles. The lowest BCUT2D eigenvalue weighted by Crippen LogP contribution is -2.46. The van der Waals surface area contributed by atoms with Crippen LogP contribution in [0.4, 0.5) is 5.82 Å². The minimum Gasteiger partial charge on any atom is -0.352 e. The van der Waals surface area contributed by atoms with Gasteiger partial charge in [-0.15, -0.1) is 0 Å². The number of benzene rings is 1. The van der Waals surface area contributed by atoms with Gasteiger partial charge in [-0.25, -0.2) is 22.4 Å². The van der Waals surface area contributed by atoms with E-state index < -0.39 is 10.0 Å². The fourth-order valence-electron chi connectivity index (χ4n) is 3.84. The van der Waals surface area contributed by atoms with Crippen LogP contribution in [-0.4, -0.2) is 48.0 Å². The molecule has 148 valence electrons. The summed E-state index contributed by atoms with van der Waals surface area (Å²) in [6, 6.07) is 9.00. The Morgan fingerprint density at radius 2 is 2.00 bits per heavy atom. The Hall–Kier alpha value is -2.45. The van der Waals surface area contributed by atoms with Crippen LogP contribution in [0, 0.1) is 6.92 Å². The molecule has 1 unspecified atom stereocenters. The maximum atomic E-state index is 13.2. The molecule has 3 aromatic rings. The van der Waals surface area contributed by atoms with E-state index in [-0.39, 0.29) is 4.90 Å². The zero-order valence-corrected chi connectivity index (χ0v) is 17.0. The zero-order chi connectivity index (χ0) is 19.7. The highest BCUT2D eigenvalue weighted by molar-refractivity contribution is 7.90. The fourth-order valence-corrected chi connectivity index (χ4v) is 5.14. The molecule has 0 aliphatic carbocycles. The highest BCUT2D eigenvalue weighted by atomic mass is 32.2. The molecule has 0 spiro atoms. The van der Waals surface area contributed by atoms with E-state index in [1.807, 2.05) is 6.92 Å². The van der Waals surface area contributed by atoms with E-state index in [2.05, 4.69) is 27.1 Å². The lowest BCUT2D eigenvalue weighted by atomic mass is 10.1. The molecule has 28 heavy (non-hydrogen) atoms. The van der Waals surface area contributed by atoms with Gasteiger partial charge in [0.2, 0.25) is 0 Å². The summed E-state index contributed by atoms with van der Waals surface area (Å²) in [7, 11) is -3.72. The minimum absolute atomic E-state index is 0.250. The van der Waals surface area contributed by atoms with Gasteiger partial charge in [-0.05, 0) is 51.4 Å². The summed E-state index contributed by atoms with van der Waals surface area (Å²) in [5, 5.41) is 4.19. The highest BCUT2D eigenvalue weighted by Crippen LogP contribution is 2.29. The van der Waals surface area contributed by atoms with Crippen molar-refractivity contribution in [1.29, 1.82) is 0 Å². The molecule has 1 atom stereocenters. The van der Waals surface area contributed by atoms with Crippen LogP contribution in [0.2, 0.25) is 0 Å². The van der Waals surface area contributed by atoms with Crippen LogP contribution in [-0.2, 0) is 10.0 Å². The molecule has 7 nitrogen and oxygen atoms in total. The quantitative estimate of drug-likeness (QED) is 0.710. The molecule has 1 saturated heterocycles. The number of aromatic nitrogens is 3. The molecule has 1 N–H and O–H groups in total. The van der Waals surface area contributed by atoms with Crippen molar-refractivity contribution < 1.29 is 8.42 Å². The third-order valence-electron chi connectivity index (χ3n) is 5.33. The van der Waals surface area contributed by atoms with Crippen molar-refractivity contribution in [2.75, 3.05) is 24.5 Å². The number of rotatable bonds is 5. The van der Waals surface area contributed by atoms with Crippen molar-refractivity contribution in [2.24, 2.45) is 0 Å². The number of likely N-dealkylation sites (N-methyl/N-ethyl adjacent to an activating group) is 1. The fraction of sp³-hybridized carbons (Fsp3) is 0.400. The number of hydrogen-bond donors (Lipinski definition) is 1. The van der Waals surface area contributed by atoms with Gasteiger partial charge in [-0.3, -0.25) is 0 Å². The lowest BCUT2D eigenvalue weighted by molar-refractivity contribution is 0.434. The molecule has 0 radical (unpaired) electrons. The Bertz CT molecular complexity index is 1070. The SMILES string of the molecule is CCN(c1ncnc2c1ccn2S(=O)(=O)c1ccc(C)cc1)C1CCCNC1. The van der Waals surface area contributed by atoms with Crippen LogP contribution in [0.1, 0.15) is 25.3 Å². The highest BCUT2D eigenvalue weighted by Gasteiger charge is 2.25. The number of hydrogen-bond acceptors (Lipinski definition) is 6. The summed E-state index contributed by atoms with van der Waals surface area (Å²) in [6.07, 6.45) is 5.25. The number of nitrogens with one attached hydrogen (secondary N) is 1. The molecule has 3 heterocycles. The molecular weight excluding hydrogens is 374 g/mol. The van der Waals surface area contributed by atoms with Gasteiger partial charge in [-0.2, -0.15) is 0 Å². The first-order chi connectivity index (χ1) is 13.5. The Balaban J connectivity index is 1.79. The van der Waals surface area contributed by atoms with Crippen molar-refractivity contribution in [3.63, 3.8) is 0 Å². The van der Waals surface area contributed by atoms with Gasteiger partial charge >= 0.3 is 0 Å². The van der Waals surface area contributed by atoms with Crippen LogP contribution >= 0.6 is 0 Å². The van der Waals surface area contributed by atoms with Crippen LogP contribution in [0.5, 0.6) is 0 Å². The average molecular weight is 400 g/mol. The van der Waals surface area contributed by atoms with Gasteiger partial charge in [0.05, 0.1) is 10.3 Å². The van der Waals surface area contributed by atoms with Gasteiger partial charge < -0.3 is 10.2 Å². The van der Waals surface area contributed by atoms with E-state index in [0.717, 1.165) is 49.2 Å². The van der Waals surface area contributed by atoms with E-state index in [1.54, 1.807) is 36.5 Å². The summed E-state index contributed by atoms with van der Waals surface area (Å²) in [4.78, 5) is 11.3. The first-order valence-electron chi connectivity index (χ1n) is 9.64. The first-order valence-corrected chi connectivity index (χ1v) is 11.1. The van der Waals surface area contributed by atoms with E-state index in [9.17, 15) is 8.42 Å². The maximum absolute atomic E-state index is 13.2. The van der Waals surface area contributed by atoms with E-state index in [4.69, 9.17) is 0 Å². The number of piperidine rings is 1. The molecule has 0 amide bonds. The molecule has 4 rings (SSSR count). The molecule has 1 aliphatic rings. The summed E-state index contributed by atoms with van der Waals surface area (Å²) >= 11 is 0. The number of aryl methyl sites for hydroxylation is 1. The molecule has 0 saturated carbocycles. The molecule has 8 heteroatoms. The second-order valence-electron chi connectivity index (χ2n) is 7.15. The molecular formula is C20H25N5O2S. The van der Waals surface area contributed by atoms with Gasteiger partial charge in [-0.1, -0.05) is 17.7 Å². The lowest BCUT2D eigenvalue weighted by Gasteiger charge is -2.35. The second kappa shape index (κ2) is 7.52. The van der Waals surface area contributed by atoms with Crippen LogP contribution in [0.3, 0.4) is 0 Å². The second-order valence-corrected chi connectivity index (χ2v) is 8.97. The Morgan fingerprint density at radius 3 is 2.68 bits per heavy atom. The molecule has 1 aliphatic heterocycles. The van der Waals surface area contributed by atoms with Crippen molar-refractivity contribution in [3.05, 3.63) is 48.4 Å². The van der Waals surface area contributed by atoms with Gasteiger partial charge in [0, 0.05) is 25.3 Å². The first kappa shape index (κ1) is 18.9. The Labute approximate surface area is 165 Å². The third kappa shape index (κ3) is 3.27. The number of nitrogens with zero attached hydrogens (tertiary/aromatic N) is 4. The van der Waals surface area contributed by atoms with Gasteiger partial charge in [0.15, 0.2) is 5.65 Å². The Kier molecular flexibility index (Phi) is 5.07. The summed E-state index contributed by atoms with van der Waals surface area (Å²) in [5.74, 6) is 0.791. The topological polar surface area (TPSA) is 80.1 Å². The van der Waals surface area contributed by atoms with Crippen LogP contribution < -0.4 is 10.2 Å². The van der Waals surface area contributed by atoms with Crippen molar-refractivity contribution >= 4 is 26.9 Å². The summed E-state index contributed by atoms with van der Waals surface area (Å²) < 4.78 is 27.6. The van der Waals surface area contributed by atoms with Crippen molar-refractivity contribution in [3.8, 4) is 0 Å². The van der Waals surface area contributed by atoms with Crippen molar-refractivity contribution in [2.45, 2.75) is 37.6 Å². The van der Waals surface area contributed by atoms with Crippen molar-refractivity contribution in [1.82, 2.24) is 19.3 Å². The van der Waals surface area contributed by atoms with Crippen LogP contribution in [0.15, 0.2) is 47.8 Å². The molecule has 1 fully saturated rings. The smallest absolute Gasteiger partial charge is 0.269 e. The largest absolute Gasteiger partial charge is 0.352 e. The number of anilines is 1.